The maximum atomic E-state index is 13.0. The Balaban J connectivity index is 1.71. The molecule has 1 atom stereocenters. The average molecular weight is 353 g/mol. The van der Waals surface area contributed by atoms with E-state index < -0.39 is 11.8 Å². The van der Waals surface area contributed by atoms with Crippen molar-refractivity contribution in [2.45, 2.75) is 6.42 Å². The molecule has 0 unspecified atom stereocenters. The molecule has 6 heteroatoms. The fourth-order valence-corrected chi connectivity index (χ4v) is 3.01. The molecule has 3 aromatic rings. The van der Waals surface area contributed by atoms with Crippen LogP contribution < -0.4 is 11.1 Å². The van der Waals surface area contributed by atoms with Gasteiger partial charge in [0, 0.05) is 30.7 Å². The zero-order chi connectivity index (χ0) is 18.7. The van der Waals surface area contributed by atoms with Gasteiger partial charge in [-0.2, -0.15) is 0 Å². The van der Waals surface area contributed by atoms with E-state index in [-0.39, 0.29) is 18.3 Å². The van der Waals surface area contributed by atoms with Gasteiger partial charge in [-0.1, -0.05) is 30.3 Å². The third kappa shape index (κ3) is 3.74. The number of benzene rings is 2. The number of halogens is 1. The standard InChI is InChI=1S/C20H20FN3O2/c1-24-12-17(16-4-2-3-5-18(16)24)20(26)23-11-14(19(22)25)10-13-6-8-15(21)9-7-13/h2-9,12,14H,10-11H2,1H3,(H2,22,25)(H,23,26)/t14-/m0/s1. The van der Waals surface area contributed by atoms with Crippen LogP contribution in [0.4, 0.5) is 4.39 Å². The number of aryl methyl sites for hydroxylation is 1. The van der Waals surface area contributed by atoms with E-state index >= 15 is 0 Å². The number of nitrogens with one attached hydrogen (secondary N) is 1. The Morgan fingerprint density at radius 2 is 1.85 bits per heavy atom. The van der Waals surface area contributed by atoms with Gasteiger partial charge >= 0.3 is 0 Å². The molecule has 0 radical (unpaired) electrons. The van der Waals surface area contributed by atoms with Gasteiger partial charge in [0.2, 0.25) is 5.91 Å². The lowest BCUT2D eigenvalue weighted by Gasteiger charge is -2.14. The summed E-state index contributed by atoms with van der Waals surface area (Å²) in [7, 11) is 1.87. The molecular weight excluding hydrogens is 333 g/mol. The minimum atomic E-state index is -0.570. The molecule has 2 amide bonds. The number of para-hydroxylation sites is 1. The van der Waals surface area contributed by atoms with Gasteiger partial charge < -0.3 is 15.6 Å². The SMILES string of the molecule is Cn1cc(C(=O)NC[C@H](Cc2ccc(F)cc2)C(N)=O)c2ccccc21. The number of hydrogen-bond donors (Lipinski definition) is 2. The number of nitrogens with two attached hydrogens (primary N) is 1. The zero-order valence-corrected chi connectivity index (χ0v) is 14.4. The summed E-state index contributed by atoms with van der Waals surface area (Å²) in [5, 5.41) is 3.64. The maximum absolute atomic E-state index is 13.0. The molecule has 0 aliphatic heterocycles. The van der Waals surface area contributed by atoms with Crippen LogP contribution in [0.1, 0.15) is 15.9 Å². The van der Waals surface area contributed by atoms with Gasteiger partial charge in [-0.05, 0) is 30.2 Å². The first kappa shape index (κ1) is 17.7. The molecule has 0 spiro atoms. The van der Waals surface area contributed by atoms with E-state index in [1.807, 2.05) is 35.9 Å². The Labute approximate surface area is 150 Å². The first-order valence-corrected chi connectivity index (χ1v) is 8.31. The largest absolute Gasteiger partial charge is 0.369 e. The predicted octanol–water partition coefficient (Wildman–Crippen LogP) is 2.39. The lowest BCUT2D eigenvalue weighted by atomic mass is 9.98. The summed E-state index contributed by atoms with van der Waals surface area (Å²) in [6, 6.07) is 13.5. The van der Waals surface area contributed by atoms with Gasteiger partial charge in [0.25, 0.3) is 5.91 Å². The molecule has 0 bridgehead atoms. The Bertz CT molecular complexity index is 947. The predicted molar refractivity (Wildman–Crippen MR) is 98.0 cm³/mol. The van der Waals surface area contributed by atoms with Crippen molar-refractivity contribution in [3.8, 4) is 0 Å². The summed E-state index contributed by atoms with van der Waals surface area (Å²) >= 11 is 0. The summed E-state index contributed by atoms with van der Waals surface area (Å²) in [4.78, 5) is 24.3. The third-order valence-electron chi connectivity index (χ3n) is 4.45. The summed E-state index contributed by atoms with van der Waals surface area (Å²) in [5.41, 5.74) is 7.76. The number of rotatable bonds is 6. The lowest BCUT2D eigenvalue weighted by molar-refractivity contribution is -0.121. The number of hydrogen-bond acceptors (Lipinski definition) is 2. The second-order valence-electron chi connectivity index (χ2n) is 6.31. The Morgan fingerprint density at radius 3 is 2.54 bits per heavy atom. The second-order valence-corrected chi connectivity index (χ2v) is 6.31. The van der Waals surface area contributed by atoms with Crippen LogP contribution in [0.3, 0.4) is 0 Å². The van der Waals surface area contributed by atoms with Crippen LogP contribution in [0.5, 0.6) is 0 Å². The van der Waals surface area contributed by atoms with Gasteiger partial charge in [-0.15, -0.1) is 0 Å². The zero-order valence-electron chi connectivity index (χ0n) is 14.4. The molecule has 2 aromatic carbocycles. The third-order valence-corrected chi connectivity index (χ3v) is 4.45. The van der Waals surface area contributed by atoms with Crippen molar-refractivity contribution in [1.29, 1.82) is 0 Å². The quantitative estimate of drug-likeness (QED) is 0.714. The molecule has 0 fully saturated rings. The summed E-state index contributed by atoms with van der Waals surface area (Å²) in [6.45, 7) is 0.120. The number of carbonyl (C=O) groups excluding carboxylic acids is 2. The summed E-state index contributed by atoms with van der Waals surface area (Å²) < 4.78 is 14.9. The molecule has 0 aliphatic rings. The number of nitrogens with zero attached hydrogens (tertiary/aromatic N) is 1. The van der Waals surface area contributed by atoms with Crippen molar-refractivity contribution in [2.75, 3.05) is 6.54 Å². The molecule has 3 N–H and O–H groups in total. The van der Waals surface area contributed by atoms with Crippen molar-refractivity contribution in [1.82, 2.24) is 9.88 Å². The molecule has 5 nitrogen and oxygen atoms in total. The van der Waals surface area contributed by atoms with Gasteiger partial charge in [0.15, 0.2) is 0 Å². The van der Waals surface area contributed by atoms with E-state index in [1.165, 1.54) is 12.1 Å². The molecular formula is C20H20FN3O2. The average Bonchev–Trinajstić information content (AvgIpc) is 2.97. The van der Waals surface area contributed by atoms with E-state index in [1.54, 1.807) is 18.3 Å². The number of amides is 2. The van der Waals surface area contributed by atoms with Crippen LogP contribution in [-0.2, 0) is 18.3 Å². The maximum Gasteiger partial charge on any atom is 0.253 e. The number of aromatic nitrogens is 1. The van der Waals surface area contributed by atoms with E-state index in [9.17, 15) is 14.0 Å². The molecule has 0 saturated carbocycles. The molecule has 26 heavy (non-hydrogen) atoms. The Morgan fingerprint density at radius 1 is 1.15 bits per heavy atom. The number of carbonyl (C=O) groups is 2. The van der Waals surface area contributed by atoms with Crippen LogP contribution in [0, 0.1) is 11.7 Å². The number of primary amides is 1. The van der Waals surface area contributed by atoms with Gasteiger partial charge in [0.05, 0.1) is 11.5 Å². The topological polar surface area (TPSA) is 77.1 Å². The van der Waals surface area contributed by atoms with Crippen molar-refractivity contribution in [3.63, 3.8) is 0 Å². The van der Waals surface area contributed by atoms with Crippen LogP contribution >= 0.6 is 0 Å². The van der Waals surface area contributed by atoms with Crippen molar-refractivity contribution >= 4 is 22.7 Å². The highest BCUT2D eigenvalue weighted by atomic mass is 19.1. The molecule has 1 heterocycles. The van der Waals surface area contributed by atoms with Crippen molar-refractivity contribution < 1.29 is 14.0 Å². The van der Waals surface area contributed by atoms with Crippen LogP contribution in [-0.4, -0.2) is 22.9 Å². The Hall–Kier alpha value is -3.15. The van der Waals surface area contributed by atoms with Gasteiger partial charge in [-0.3, -0.25) is 9.59 Å². The molecule has 1 aromatic heterocycles. The normalized spacial score (nSPS) is 12.1. The fraction of sp³-hybridized carbons (Fsp3) is 0.200. The monoisotopic (exact) mass is 353 g/mol. The van der Waals surface area contributed by atoms with E-state index in [4.69, 9.17) is 5.73 Å². The summed E-state index contributed by atoms with van der Waals surface area (Å²) in [5.74, 6) is -1.67. The van der Waals surface area contributed by atoms with E-state index in [0.29, 0.717) is 12.0 Å². The Kier molecular flexibility index (Phi) is 5.02. The minimum Gasteiger partial charge on any atom is -0.369 e. The second kappa shape index (κ2) is 7.39. The minimum absolute atomic E-state index is 0.120. The first-order valence-electron chi connectivity index (χ1n) is 8.31. The highest BCUT2D eigenvalue weighted by Gasteiger charge is 2.19. The fourth-order valence-electron chi connectivity index (χ4n) is 3.01. The van der Waals surface area contributed by atoms with Crippen LogP contribution in [0.25, 0.3) is 10.9 Å². The molecule has 0 saturated heterocycles. The molecule has 3 rings (SSSR count). The van der Waals surface area contributed by atoms with Crippen molar-refractivity contribution in [3.05, 3.63) is 71.7 Å². The smallest absolute Gasteiger partial charge is 0.253 e. The van der Waals surface area contributed by atoms with E-state index in [0.717, 1.165) is 16.5 Å². The number of fused-ring (bicyclic) bond motifs is 1. The molecule has 0 aliphatic carbocycles. The lowest BCUT2D eigenvalue weighted by Crippen LogP contribution is -2.37. The van der Waals surface area contributed by atoms with Crippen LogP contribution in [0.2, 0.25) is 0 Å². The van der Waals surface area contributed by atoms with Gasteiger partial charge in [-0.25, -0.2) is 4.39 Å². The highest BCUT2D eigenvalue weighted by molar-refractivity contribution is 6.07. The highest BCUT2D eigenvalue weighted by Crippen LogP contribution is 2.20. The van der Waals surface area contributed by atoms with Crippen molar-refractivity contribution in [2.24, 2.45) is 18.7 Å². The first-order chi connectivity index (χ1) is 12.5. The van der Waals surface area contributed by atoms with E-state index in [2.05, 4.69) is 5.32 Å². The van der Waals surface area contributed by atoms with Gasteiger partial charge in [0.1, 0.15) is 5.82 Å². The summed E-state index contributed by atoms with van der Waals surface area (Å²) in [6.07, 6.45) is 2.10. The molecule has 134 valence electrons. The van der Waals surface area contributed by atoms with Crippen LogP contribution in [0.15, 0.2) is 54.7 Å².